The summed E-state index contributed by atoms with van der Waals surface area (Å²) in [5.74, 6) is 0. The summed E-state index contributed by atoms with van der Waals surface area (Å²) in [5.41, 5.74) is 2.28. The Hall–Kier alpha value is -0.900. The molecule has 0 fully saturated rings. The van der Waals surface area contributed by atoms with Crippen LogP contribution in [-0.4, -0.2) is 4.98 Å². The van der Waals surface area contributed by atoms with Gasteiger partial charge < -0.3 is 5.32 Å². The Kier molecular flexibility index (Phi) is 4.97. The number of benzene rings is 1. The van der Waals surface area contributed by atoms with Crippen molar-refractivity contribution in [2.75, 3.05) is 5.32 Å². The summed E-state index contributed by atoms with van der Waals surface area (Å²) in [7, 11) is 0. The van der Waals surface area contributed by atoms with Gasteiger partial charge in [-0.2, -0.15) is 5.26 Å². The summed E-state index contributed by atoms with van der Waals surface area (Å²) in [5, 5.41) is 12.3. The van der Waals surface area contributed by atoms with Crippen LogP contribution in [-0.2, 0) is 6.54 Å². The van der Waals surface area contributed by atoms with Crippen LogP contribution in [0.3, 0.4) is 0 Å². The number of nitrogens with zero attached hydrogens (tertiary/aromatic N) is 2. The van der Waals surface area contributed by atoms with Gasteiger partial charge in [-0.3, -0.25) is 4.98 Å². The Morgan fingerprint density at radius 3 is 2.63 bits per heavy atom. The zero-order valence-electron chi connectivity index (χ0n) is 9.62. The smallest absolute Gasteiger partial charge is 0.101 e. The molecule has 0 aliphatic heterocycles. The zero-order chi connectivity index (χ0) is 13.8. The molecule has 1 aromatic carbocycles. The predicted octanol–water partition coefficient (Wildman–Crippen LogP) is 4.85. The molecule has 0 aliphatic carbocycles. The number of nitriles is 1. The summed E-state index contributed by atoms with van der Waals surface area (Å²) < 4.78 is 2.73. The molecule has 0 amide bonds. The van der Waals surface area contributed by atoms with Crippen molar-refractivity contribution in [3.63, 3.8) is 0 Å². The van der Waals surface area contributed by atoms with Crippen molar-refractivity contribution in [2.45, 2.75) is 6.54 Å². The van der Waals surface area contributed by atoms with Crippen molar-refractivity contribution in [1.29, 1.82) is 5.26 Å². The van der Waals surface area contributed by atoms with Crippen molar-refractivity contribution in [1.82, 2.24) is 4.98 Å². The number of pyridine rings is 1. The second kappa shape index (κ2) is 6.51. The van der Waals surface area contributed by atoms with Crippen LogP contribution in [0.4, 0.5) is 5.69 Å². The monoisotopic (exact) mass is 443 g/mol. The average molecular weight is 446 g/mol. The number of rotatable bonds is 3. The van der Waals surface area contributed by atoms with Crippen LogP contribution < -0.4 is 5.32 Å². The largest absolute Gasteiger partial charge is 0.378 e. The summed E-state index contributed by atoms with van der Waals surface area (Å²) in [6.45, 7) is 0.546. The van der Waals surface area contributed by atoms with Gasteiger partial charge in [0.25, 0.3) is 0 Å². The van der Waals surface area contributed by atoms with E-state index >= 15 is 0 Å². The lowest BCUT2D eigenvalue weighted by atomic mass is 10.2. The van der Waals surface area contributed by atoms with E-state index in [1.54, 1.807) is 12.3 Å². The quantitative estimate of drug-likeness (QED) is 0.734. The normalized spacial score (nSPS) is 10.0. The van der Waals surface area contributed by atoms with Gasteiger partial charge in [-0.25, -0.2) is 0 Å². The second-order valence-corrected chi connectivity index (χ2v) is 6.42. The molecular weight excluding hydrogens is 438 g/mol. The number of hydrogen-bond donors (Lipinski definition) is 1. The minimum Gasteiger partial charge on any atom is -0.378 e. The topological polar surface area (TPSA) is 48.7 Å². The number of nitrogens with one attached hydrogen (secondary N) is 1. The van der Waals surface area contributed by atoms with E-state index in [-0.39, 0.29) is 0 Å². The first-order valence-electron chi connectivity index (χ1n) is 5.33. The van der Waals surface area contributed by atoms with E-state index < -0.39 is 0 Å². The van der Waals surface area contributed by atoms with Crippen LogP contribution in [0.5, 0.6) is 0 Å². The summed E-state index contributed by atoms with van der Waals surface area (Å²) in [4.78, 5) is 4.32. The van der Waals surface area contributed by atoms with Crippen LogP contribution in [0.1, 0.15) is 11.3 Å². The molecule has 6 heteroatoms. The van der Waals surface area contributed by atoms with Crippen LogP contribution in [0.2, 0.25) is 0 Å². The van der Waals surface area contributed by atoms with Gasteiger partial charge in [0.2, 0.25) is 0 Å². The Morgan fingerprint density at radius 2 is 1.95 bits per heavy atom. The highest BCUT2D eigenvalue weighted by Gasteiger charge is 2.05. The van der Waals surface area contributed by atoms with Gasteiger partial charge in [-0.05, 0) is 56.1 Å². The minimum atomic E-state index is 0.546. The van der Waals surface area contributed by atoms with Crippen molar-refractivity contribution < 1.29 is 0 Å². The summed E-state index contributed by atoms with van der Waals surface area (Å²) in [6.07, 6.45) is 1.74. The molecule has 0 saturated carbocycles. The maximum Gasteiger partial charge on any atom is 0.101 e. The molecule has 3 nitrogen and oxygen atoms in total. The Labute approximate surface area is 136 Å². The Bertz CT molecular complexity index is 650. The van der Waals surface area contributed by atoms with Gasteiger partial charge in [0.1, 0.15) is 6.07 Å². The number of hydrogen-bond acceptors (Lipinski definition) is 3. The molecule has 0 spiro atoms. The molecule has 0 atom stereocenters. The first-order valence-corrected chi connectivity index (χ1v) is 7.71. The van der Waals surface area contributed by atoms with E-state index in [9.17, 15) is 0 Å². The molecule has 96 valence electrons. The third-order valence-electron chi connectivity index (χ3n) is 2.43. The molecule has 0 bridgehead atoms. The van der Waals surface area contributed by atoms with Gasteiger partial charge in [-0.15, -0.1) is 0 Å². The molecule has 1 heterocycles. The lowest BCUT2D eigenvalue weighted by molar-refractivity contribution is 1.03. The third kappa shape index (κ3) is 3.78. The zero-order valence-corrected chi connectivity index (χ0v) is 14.4. The highest BCUT2D eigenvalue weighted by atomic mass is 79.9. The van der Waals surface area contributed by atoms with Crippen LogP contribution >= 0.6 is 47.8 Å². The van der Waals surface area contributed by atoms with E-state index in [0.29, 0.717) is 12.1 Å². The average Bonchev–Trinajstić information content (AvgIpc) is 2.39. The lowest BCUT2D eigenvalue weighted by Crippen LogP contribution is -2.04. The fraction of sp³-hybridized carbons (Fsp3) is 0.0769. The molecule has 0 aliphatic rings. The minimum absolute atomic E-state index is 0.546. The van der Waals surface area contributed by atoms with E-state index in [4.69, 9.17) is 5.26 Å². The SMILES string of the molecule is N#Cc1cc(Br)ccc1NCc1ncc(Br)cc1Br. The predicted molar refractivity (Wildman–Crippen MR) is 85.8 cm³/mol. The van der Waals surface area contributed by atoms with Crippen LogP contribution in [0.25, 0.3) is 0 Å². The number of anilines is 1. The van der Waals surface area contributed by atoms with E-state index in [2.05, 4.69) is 64.2 Å². The van der Waals surface area contributed by atoms with E-state index in [1.807, 2.05) is 18.2 Å². The maximum absolute atomic E-state index is 9.09. The third-order valence-corrected chi connectivity index (χ3v) is 4.05. The Morgan fingerprint density at radius 1 is 1.16 bits per heavy atom. The fourth-order valence-corrected chi connectivity index (χ4v) is 3.00. The summed E-state index contributed by atoms with van der Waals surface area (Å²) >= 11 is 10.2. The molecule has 19 heavy (non-hydrogen) atoms. The highest BCUT2D eigenvalue weighted by Crippen LogP contribution is 2.23. The molecule has 0 unspecified atom stereocenters. The van der Waals surface area contributed by atoms with E-state index in [1.165, 1.54) is 0 Å². The van der Waals surface area contributed by atoms with Crippen LogP contribution in [0, 0.1) is 11.3 Å². The number of halogens is 3. The highest BCUT2D eigenvalue weighted by molar-refractivity contribution is 9.11. The van der Waals surface area contributed by atoms with Gasteiger partial charge in [0.15, 0.2) is 0 Å². The molecular formula is C13H8Br3N3. The fourth-order valence-electron chi connectivity index (χ4n) is 1.52. The van der Waals surface area contributed by atoms with Gasteiger partial charge in [0, 0.05) is 19.6 Å². The van der Waals surface area contributed by atoms with E-state index in [0.717, 1.165) is 24.8 Å². The van der Waals surface area contributed by atoms with Crippen molar-refractivity contribution in [2.24, 2.45) is 0 Å². The lowest BCUT2D eigenvalue weighted by Gasteiger charge is -2.09. The standard InChI is InChI=1S/C13H8Br3N3/c14-9-1-2-12(8(3-9)5-17)19-7-13-11(16)4-10(15)6-18-13/h1-4,6,19H,7H2. The van der Waals surface area contributed by atoms with Gasteiger partial charge >= 0.3 is 0 Å². The molecule has 0 saturated heterocycles. The van der Waals surface area contributed by atoms with Crippen molar-refractivity contribution in [3.8, 4) is 6.07 Å². The molecule has 1 N–H and O–H groups in total. The van der Waals surface area contributed by atoms with Gasteiger partial charge in [0.05, 0.1) is 23.5 Å². The van der Waals surface area contributed by atoms with Crippen molar-refractivity contribution in [3.05, 3.63) is 55.1 Å². The van der Waals surface area contributed by atoms with Crippen LogP contribution in [0.15, 0.2) is 43.9 Å². The Balaban J connectivity index is 2.17. The van der Waals surface area contributed by atoms with Crippen molar-refractivity contribution >= 4 is 53.5 Å². The van der Waals surface area contributed by atoms with Gasteiger partial charge in [-0.1, -0.05) is 15.9 Å². The first-order chi connectivity index (χ1) is 9.10. The second-order valence-electron chi connectivity index (χ2n) is 3.74. The summed E-state index contributed by atoms with van der Waals surface area (Å²) in [6, 6.07) is 9.66. The molecule has 2 aromatic rings. The first kappa shape index (κ1) is 14.5. The maximum atomic E-state index is 9.09. The molecule has 1 aromatic heterocycles. The number of aromatic nitrogens is 1. The molecule has 2 rings (SSSR count). The molecule has 0 radical (unpaired) electrons.